The van der Waals surface area contributed by atoms with Crippen molar-refractivity contribution in [1.82, 2.24) is 10.6 Å². The fraction of sp³-hybridized carbons (Fsp3) is 0.364. The van der Waals surface area contributed by atoms with Gasteiger partial charge in [0.15, 0.2) is 0 Å². The Hall–Kier alpha value is -1.42. The highest BCUT2D eigenvalue weighted by molar-refractivity contribution is 5.82. The van der Waals surface area contributed by atoms with E-state index in [0.29, 0.717) is 6.54 Å². The Bertz CT molecular complexity index is 346. The third-order valence-electron chi connectivity index (χ3n) is 2.52. The predicted molar refractivity (Wildman–Crippen MR) is 54.7 cm³/mol. The van der Waals surface area contributed by atoms with E-state index >= 15 is 0 Å². The van der Waals surface area contributed by atoms with E-state index in [1.165, 1.54) is 12.1 Å². The van der Waals surface area contributed by atoms with Gasteiger partial charge in [0.25, 0.3) is 0 Å². The molecule has 1 saturated heterocycles. The molecule has 1 fully saturated rings. The van der Waals surface area contributed by atoms with Crippen molar-refractivity contribution in [1.29, 1.82) is 0 Å². The molecule has 2 N–H and O–H groups in total. The summed E-state index contributed by atoms with van der Waals surface area (Å²) in [6.45, 7) is 1.37. The third kappa shape index (κ3) is 2.53. The molecular formula is C11H13FN2O. The SMILES string of the molecule is O=C(NCc1ccc(F)cc1)[C@H]1CCN1. The normalized spacial score (nSPS) is 19.4. The first-order valence-corrected chi connectivity index (χ1v) is 5.01. The Labute approximate surface area is 87.7 Å². The minimum atomic E-state index is -0.259. The molecule has 0 radical (unpaired) electrons. The molecule has 0 aliphatic carbocycles. The molecule has 0 aromatic heterocycles. The summed E-state index contributed by atoms with van der Waals surface area (Å²) in [6.07, 6.45) is 0.898. The lowest BCUT2D eigenvalue weighted by atomic mass is 10.1. The van der Waals surface area contributed by atoms with Crippen molar-refractivity contribution in [3.8, 4) is 0 Å². The molecule has 1 heterocycles. The molecule has 0 saturated carbocycles. The Morgan fingerprint density at radius 1 is 1.47 bits per heavy atom. The first-order valence-electron chi connectivity index (χ1n) is 5.01. The molecule has 1 amide bonds. The molecule has 0 unspecified atom stereocenters. The zero-order valence-corrected chi connectivity index (χ0v) is 8.29. The van der Waals surface area contributed by atoms with Crippen molar-refractivity contribution in [3.05, 3.63) is 35.6 Å². The van der Waals surface area contributed by atoms with E-state index in [9.17, 15) is 9.18 Å². The van der Waals surface area contributed by atoms with Gasteiger partial charge in [-0.25, -0.2) is 4.39 Å². The van der Waals surface area contributed by atoms with Crippen LogP contribution in [0.3, 0.4) is 0 Å². The van der Waals surface area contributed by atoms with E-state index in [1.807, 2.05) is 0 Å². The second kappa shape index (κ2) is 4.40. The summed E-state index contributed by atoms with van der Waals surface area (Å²) in [7, 11) is 0. The molecule has 80 valence electrons. The first kappa shape index (κ1) is 10.1. The summed E-state index contributed by atoms with van der Waals surface area (Å²) < 4.78 is 12.6. The maximum atomic E-state index is 12.6. The van der Waals surface area contributed by atoms with Gasteiger partial charge in [-0.3, -0.25) is 4.79 Å². The number of benzene rings is 1. The third-order valence-corrected chi connectivity index (χ3v) is 2.52. The standard InChI is InChI=1S/C11H13FN2O/c12-9-3-1-8(2-4-9)7-14-11(15)10-5-6-13-10/h1-4,10,13H,5-7H2,(H,14,15)/t10-/m1/s1. The molecular weight excluding hydrogens is 195 g/mol. The van der Waals surface area contributed by atoms with Crippen LogP contribution in [0, 0.1) is 5.82 Å². The van der Waals surface area contributed by atoms with Crippen molar-refractivity contribution >= 4 is 5.91 Å². The minimum Gasteiger partial charge on any atom is -0.351 e. The van der Waals surface area contributed by atoms with E-state index in [0.717, 1.165) is 18.5 Å². The van der Waals surface area contributed by atoms with E-state index in [4.69, 9.17) is 0 Å². The highest BCUT2D eigenvalue weighted by Gasteiger charge is 2.23. The van der Waals surface area contributed by atoms with Crippen LogP contribution in [0.15, 0.2) is 24.3 Å². The monoisotopic (exact) mass is 208 g/mol. The summed E-state index contributed by atoms with van der Waals surface area (Å²) in [5.41, 5.74) is 0.907. The van der Waals surface area contributed by atoms with Crippen LogP contribution in [-0.2, 0) is 11.3 Å². The Balaban J connectivity index is 1.82. The Morgan fingerprint density at radius 3 is 2.67 bits per heavy atom. The number of hydrogen-bond donors (Lipinski definition) is 2. The number of halogens is 1. The smallest absolute Gasteiger partial charge is 0.237 e. The highest BCUT2D eigenvalue weighted by Crippen LogP contribution is 2.04. The summed E-state index contributed by atoms with van der Waals surface area (Å²) in [6, 6.07) is 6.09. The maximum Gasteiger partial charge on any atom is 0.237 e. The van der Waals surface area contributed by atoms with E-state index in [2.05, 4.69) is 10.6 Å². The number of rotatable bonds is 3. The molecule has 1 aliphatic rings. The number of nitrogens with one attached hydrogen (secondary N) is 2. The van der Waals surface area contributed by atoms with Gasteiger partial charge >= 0.3 is 0 Å². The van der Waals surface area contributed by atoms with Gasteiger partial charge in [-0.1, -0.05) is 12.1 Å². The van der Waals surface area contributed by atoms with Crippen LogP contribution in [0.25, 0.3) is 0 Å². The van der Waals surface area contributed by atoms with Gasteiger partial charge in [-0.15, -0.1) is 0 Å². The zero-order valence-electron chi connectivity index (χ0n) is 8.29. The lowest BCUT2D eigenvalue weighted by Crippen LogP contribution is -2.52. The number of hydrogen-bond acceptors (Lipinski definition) is 2. The van der Waals surface area contributed by atoms with Gasteiger partial charge < -0.3 is 10.6 Å². The fourth-order valence-electron chi connectivity index (χ4n) is 1.43. The molecule has 1 aromatic rings. The maximum absolute atomic E-state index is 12.6. The summed E-state index contributed by atoms with van der Waals surface area (Å²) in [5, 5.41) is 5.82. The average Bonchev–Trinajstić information content (AvgIpc) is 2.14. The summed E-state index contributed by atoms with van der Waals surface area (Å²) in [4.78, 5) is 11.4. The number of carbonyl (C=O) groups excluding carboxylic acids is 1. The Morgan fingerprint density at radius 2 is 2.13 bits per heavy atom. The molecule has 4 heteroatoms. The predicted octanol–water partition coefficient (Wildman–Crippen LogP) is 0.804. The Kier molecular flexibility index (Phi) is 2.97. The van der Waals surface area contributed by atoms with Crippen LogP contribution in [0.4, 0.5) is 4.39 Å². The quantitative estimate of drug-likeness (QED) is 0.771. The van der Waals surface area contributed by atoms with Crippen molar-refractivity contribution < 1.29 is 9.18 Å². The highest BCUT2D eigenvalue weighted by atomic mass is 19.1. The van der Waals surface area contributed by atoms with Crippen LogP contribution in [0.5, 0.6) is 0 Å². The topological polar surface area (TPSA) is 41.1 Å². The van der Waals surface area contributed by atoms with Gasteiger partial charge in [0.05, 0.1) is 6.04 Å². The van der Waals surface area contributed by atoms with Gasteiger partial charge in [-0.2, -0.15) is 0 Å². The molecule has 2 rings (SSSR count). The molecule has 0 bridgehead atoms. The van der Waals surface area contributed by atoms with Gasteiger partial charge in [0, 0.05) is 6.54 Å². The summed E-state index contributed by atoms with van der Waals surface area (Å²) in [5.74, 6) is -0.240. The fourth-order valence-corrected chi connectivity index (χ4v) is 1.43. The average molecular weight is 208 g/mol. The van der Waals surface area contributed by atoms with Crippen molar-refractivity contribution in [2.75, 3.05) is 6.54 Å². The van der Waals surface area contributed by atoms with Crippen LogP contribution in [-0.4, -0.2) is 18.5 Å². The molecule has 3 nitrogen and oxygen atoms in total. The molecule has 1 atom stereocenters. The zero-order chi connectivity index (χ0) is 10.7. The molecule has 15 heavy (non-hydrogen) atoms. The molecule has 0 spiro atoms. The lowest BCUT2D eigenvalue weighted by molar-refractivity contribution is -0.124. The van der Waals surface area contributed by atoms with Crippen molar-refractivity contribution in [2.24, 2.45) is 0 Å². The van der Waals surface area contributed by atoms with E-state index < -0.39 is 0 Å². The number of amides is 1. The lowest BCUT2D eigenvalue weighted by Gasteiger charge is -2.26. The van der Waals surface area contributed by atoms with Crippen LogP contribution in [0.2, 0.25) is 0 Å². The van der Waals surface area contributed by atoms with Crippen molar-refractivity contribution in [3.63, 3.8) is 0 Å². The van der Waals surface area contributed by atoms with Crippen molar-refractivity contribution in [2.45, 2.75) is 19.0 Å². The van der Waals surface area contributed by atoms with Gasteiger partial charge in [0.2, 0.25) is 5.91 Å². The van der Waals surface area contributed by atoms with Crippen LogP contribution < -0.4 is 10.6 Å². The van der Waals surface area contributed by atoms with Gasteiger partial charge in [-0.05, 0) is 30.7 Å². The van der Waals surface area contributed by atoms with Gasteiger partial charge in [0.1, 0.15) is 5.82 Å². The summed E-state index contributed by atoms with van der Waals surface area (Å²) >= 11 is 0. The van der Waals surface area contributed by atoms with E-state index in [1.54, 1.807) is 12.1 Å². The molecule has 1 aromatic carbocycles. The second-order valence-electron chi connectivity index (χ2n) is 3.64. The van der Waals surface area contributed by atoms with Crippen LogP contribution >= 0.6 is 0 Å². The van der Waals surface area contributed by atoms with E-state index in [-0.39, 0.29) is 17.8 Å². The number of carbonyl (C=O) groups is 1. The second-order valence-corrected chi connectivity index (χ2v) is 3.64. The first-order chi connectivity index (χ1) is 7.25. The molecule has 1 aliphatic heterocycles. The largest absolute Gasteiger partial charge is 0.351 e. The minimum absolute atomic E-state index is 0.0191. The van der Waals surface area contributed by atoms with Crippen LogP contribution in [0.1, 0.15) is 12.0 Å².